The number of aryl methyl sites for hydroxylation is 1. The number of carbonyl (C=O) groups excluding carboxylic acids is 2. The van der Waals surface area contributed by atoms with Gasteiger partial charge in [0.2, 0.25) is 0 Å². The minimum absolute atomic E-state index is 0.0433. The minimum atomic E-state index is -0.779. The molecule has 158 valence electrons. The average molecular weight is 474 g/mol. The van der Waals surface area contributed by atoms with Crippen LogP contribution in [0.3, 0.4) is 0 Å². The molecule has 6 nitrogen and oxygen atoms in total. The van der Waals surface area contributed by atoms with Crippen molar-refractivity contribution in [3.63, 3.8) is 0 Å². The van der Waals surface area contributed by atoms with E-state index in [1.807, 2.05) is 13.8 Å². The number of likely N-dealkylation sites (tertiary alicyclic amines) is 1. The second kappa shape index (κ2) is 8.92. The molecule has 1 heterocycles. The predicted molar refractivity (Wildman–Crippen MR) is 118 cm³/mol. The number of hydrogen-bond acceptors (Lipinski definition) is 5. The molecular weight excluding hydrogens is 450 g/mol. The molecule has 0 radical (unpaired) electrons. The van der Waals surface area contributed by atoms with Crippen LogP contribution in [0.5, 0.6) is 11.5 Å². The molecule has 2 aromatic rings. The molecule has 3 rings (SSSR count). The number of rotatable bonds is 6. The summed E-state index contributed by atoms with van der Waals surface area (Å²) in [7, 11) is 3.03. The molecule has 1 amide bonds. The van der Waals surface area contributed by atoms with E-state index in [0.717, 1.165) is 10.0 Å². The van der Waals surface area contributed by atoms with E-state index in [4.69, 9.17) is 9.47 Å². The number of halogens is 1. The standard InChI is InChI=1S/C23H24BrNO5/c1-5-11-25-19(15-7-6-8-17(29-3)22(15)30-4)18(21(27)23(25)28)20(26)14-9-10-16(24)13(2)12-14/h6-10,12,19,26H,5,11H2,1-4H3/b20-18+. The largest absolute Gasteiger partial charge is 0.507 e. The van der Waals surface area contributed by atoms with E-state index in [2.05, 4.69) is 15.9 Å². The van der Waals surface area contributed by atoms with Crippen LogP contribution in [0.25, 0.3) is 5.76 Å². The van der Waals surface area contributed by atoms with Gasteiger partial charge in [0.15, 0.2) is 11.5 Å². The Morgan fingerprint density at radius 1 is 1.17 bits per heavy atom. The first-order valence-corrected chi connectivity index (χ1v) is 10.4. The summed E-state index contributed by atoms with van der Waals surface area (Å²) in [4.78, 5) is 27.3. The molecule has 0 aliphatic carbocycles. The first-order valence-electron chi connectivity index (χ1n) is 9.61. The molecule has 1 aliphatic rings. The highest BCUT2D eigenvalue weighted by Gasteiger charge is 2.47. The second-order valence-corrected chi connectivity index (χ2v) is 7.89. The topological polar surface area (TPSA) is 76.1 Å². The molecule has 0 saturated carbocycles. The van der Waals surface area contributed by atoms with Crippen molar-refractivity contribution in [3.05, 3.63) is 63.1 Å². The lowest BCUT2D eigenvalue weighted by molar-refractivity contribution is -0.139. The summed E-state index contributed by atoms with van der Waals surface area (Å²) in [5.41, 5.74) is 2.00. The van der Waals surface area contributed by atoms with Gasteiger partial charge in [0.25, 0.3) is 11.7 Å². The Kier molecular flexibility index (Phi) is 6.51. The van der Waals surface area contributed by atoms with Crippen molar-refractivity contribution in [2.24, 2.45) is 0 Å². The highest BCUT2D eigenvalue weighted by atomic mass is 79.9. The summed E-state index contributed by atoms with van der Waals surface area (Å²) in [6.45, 7) is 4.18. The fraction of sp³-hybridized carbons (Fsp3) is 0.304. The Hall–Kier alpha value is -2.80. The quantitative estimate of drug-likeness (QED) is 0.376. The SMILES string of the molecule is CCCN1C(=O)C(=O)/C(=C(/O)c2ccc(Br)c(C)c2)C1c1cccc(OC)c1OC. The molecule has 0 aromatic heterocycles. The van der Waals surface area contributed by atoms with Crippen LogP contribution in [0.2, 0.25) is 0 Å². The minimum Gasteiger partial charge on any atom is -0.507 e. The number of benzene rings is 2. The van der Waals surface area contributed by atoms with Gasteiger partial charge in [-0.25, -0.2) is 0 Å². The van der Waals surface area contributed by atoms with Crippen molar-refractivity contribution < 1.29 is 24.2 Å². The number of nitrogens with zero attached hydrogens (tertiary/aromatic N) is 1. The first-order chi connectivity index (χ1) is 14.3. The number of Topliss-reactive ketones (excluding diaryl/α,β-unsaturated/α-hetero) is 1. The summed E-state index contributed by atoms with van der Waals surface area (Å²) < 4.78 is 11.8. The van der Waals surface area contributed by atoms with Crippen LogP contribution in [0.4, 0.5) is 0 Å². The summed E-state index contributed by atoms with van der Waals surface area (Å²) >= 11 is 3.44. The van der Waals surface area contributed by atoms with Gasteiger partial charge in [-0.1, -0.05) is 41.1 Å². The monoisotopic (exact) mass is 473 g/mol. The Morgan fingerprint density at radius 2 is 1.90 bits per heavy atom. The van der Waals surface area contributed by atoms with E-state index in [1.165, 1.54) is 19.1 Å². The fourth-order valence-electron chi connectivity index (χ4n) is 3.75. The Labute approximate surface area is 184 Å². The van der Waals surface area contributed by atoms with Crippen molar-refractivity contribution in [3.8, 4) is 11.5 Å². The van der Waals surface area contributed by atoms with Gasteiger partial charge in [0, 0.05) is 22.1 Å². The van der Waals surface area contributed by atoms with Gasteiger partial charge < -0.3 is 19.5 Å². The number of para-hydroxylation sites is 1. The lowest BCUT2D eigenvalue weighted by atomic mass is 9.94. The van der Waals surface area contributed by atoms with Gasteiger partial charge in [-0.05, 0) is 37.1 Å². The van der Waals surface area contributed by atoms with Crippen molar-refractivity contribution >= 4 is 33.4 Å². The number of methoxy groups -OCH3 is 2. The van der Waals surface area contributed by atoms with E-state index in [-0.39, 0.29) is 11.3 Å². The van der Waals surface area contributed by atoms with E-state index in [9.17, 15) is 14.7 Å². The third-order valence-corrected chi connectivity index (χ3v) is 6.05. The van der Waals surface area contributed by atoms with Crippen LogP contribution in [0.15, 0.2) is 46.4 Å². The van der Waals surface area contributed by atoms with Crippen LogP contribution in [0.1, 0.15) is 36.1 Å². The third-order valence-electron chi connectivity index (χ3n) is 5.16. The number of hydrogen-bond donors (Lipinski definition) is 1. The zero-order valence-corrected chi connectivity index (χ0v) is 18.9. The van der Waals surface area contributed by atoms with Crippen LogP contribution < -0.4 is 9.47 Å². The maximum atomic E-state index is 13.0. The number of aliphatic hydroxyl groups excluding tert-OH is 1. The lowest BCUT2D eigenvalue weighted by Gasteiger charge is -2.26. The zero-order valence-electron chi connectivity index (χ0n) is 17.4. The number of ether oxygens (including phenoxy) is 2. The maximum absolute atomic E-state index is 13.0. The lowest BCUT2D eigenvalue weighted by Crippen LogP contribution is -2.30. The zero-order chi connectivity index (χ0) is 22.0. The molecule has 1 unspecified atom stereocenters. The van der Waals surface area contributed by atoms with Crippen molar-refractivity contribution in [2.45, 2.75) is 26.3 Å². The van der Waals surface area contributed by atoms with Crippen molar-refractivity contribution in [1.82, 2.24) is 4.90 Å². The Morgan fingerprint density at radius 3 is 2.50 bits per heavy atom. The van der Waals surface area contributed by atoms with Gasteiger partial charge in [-0.3, -0.25) is 9.59 Å². The predicted octanol–water partition coefficient (Wildman–Crippen LogP) is 4.61. The Balaban J connectivity index is 2.28. The molecule has 1 atom stereocenters. The summed E-state index contributed by atoms with van der Waals surface area (Å²) in [6, 6.07) is 9.79. The summed E-state index contributed by atoms with van der Waals surface area (Å²) in [6.07, 6.45) is 0.660. The van der Waals surface area contributed by atoms with E-state index in [0.29, 0.717) is 35.6 Å². The van der Waals surface area contributed by atoms with Crippen LogP contribution in [-0.2, 0) is 9.59 Å². The highest BCUT2D eigenvalue weighted by molar-refractivity contribution is 9.10. The summed E-state index contributed by atoms with van der Waals surface area (Å²) in [5.74, 6) is -0.654. The van der Waals surface area contributed by atoms with Gasteiger partial charge in [-0.15, -0.1) is 0 Å². The van der Waals surface area contributed by atoms with E-state index >= 15 is 0 Å². The van der Waals surface area contributed by atoms with Gasteiger partial charge in [0.05, 0.1) is 25.8 Å². The van der Waals surface area contributed by atoms with Crippen LogP contribution >= 0.6 is 15.9 Å². The molecule has 2 aromatic carbocycles. The third kappa shape index (κ3) is 3.69. The average Bonchev–Trinajstić information content (AvgIpc) is 2.99. The number of aliphatic hydroxyl groups is 1. The van der Waals surface area contributed by atoms with Crippen molar-refractivity contribution in [1.29, 1.82) is 0 Å². The van der Waals surface area contributed by atoms with E-state index < -0.39 is 17.7 Å². The normalized spacial score (nSPS) is 18.0. The molecule has 30 heavy (non-hydrogen) atoms. The van der Waals surface area contributed by atoms with Gasteiger partial charge in [-0.2, -0.15) is 0 Å². The van der Waals surface area contributed by atoms with E-state index in [1.54, 1.807) is 36.4 Å². The maximum Gasteiger partial charge on any atom is 0.295 e. The van der Waals surface area contributed by atoms with Crippen LogP contribution in [0, 0.1) is 6.92 Å². The van der Waals surface area contributed by atoms with Gasteiger partial charge in [0.1, 0.15) is 5.76 Å². The molecule has 1 aliphatic heterocycles. The first kappa shape index (κ1) is 21.9. The number of amides is 1. The summed E-state index contributed by atoms with van der Waals surface area (Å²) in [5, 5.41) is 11.1. The second-order valence-electron chi connectivity index (χ2n) is 7.04. The molecule has 1 saturated heterocycles. The number of ketones is 1. The highest BCUT2D eigenvalue weighted by Crippen LogP contribution is 2.45. The molecule has 1 N–H and O–H groups in total. The number of carbonyl (C=O) groups is 2. The molecule has 7 heteroatoms. The smallest absolute Gasteiger partial charge is 0.295 e. The fourth-order valence-corrected chi connectivity index (χ4v) is 4.00. The molecule has 1 fully saturated rings. The van der Waals surface area contributed by atoms with Gasteiger partial charge >= 0.3 is 0 Å². The molecule has 0 bridgehead atoms. The Bertz CT molecular complexity index is 1030. The van der Waals surface area contributed by atoms with Crippen LogP contribution in [-0.4, -0.2) is 42.5 Å². The molecule has 0 spiro atoms. The van der Waals surface area contributed by atoms with Crippen molar-refractivity contribution in [2.75, 3.05) is 20.8 Å². The molecular formula is C23H24BrNO5.